The third-order valence-corrected chi connectivity index (χ3v) is 5.22. The number of aryl methyl sites for hydroxylation is 1. The molecule has 1 aliphatic rings. The summed E-state index contributed by atoms with van der Waals surface area (Å²) in [5, 5.41) is 7.41. The van der Waals surface area contributed by atoms with Crippen LogP contribution in [0.3, 0.4) is 0 Å². The lowest BCUT2D eigenvalue weighted by atomic mass is 9.91. The molecule has 1 fully saturated rings. The van der Waals surface area contributed by atoms with Gasteiger partial charge in [-0.15, -0.1) is 0 Å². The van der Waals surface area contributed by atoms with Gasteiger partial charge in [0.05, 0.1) is 17.1 Å². The van der Waals surface area contributed by atoms with Gasteiger partial charge in [-0.25, -0.2) is 4.98 Å². The number of hydrogen-bond donors (Lipinski definition) is 2. The number of benzene rings is 1. The van der Waals surface area contributed by atoms with E-state index in [2.05, 4.69) is 20.4 Å². The Labute approximate surface area is 156 Å². The molecule has 1 saturated carbocycles. The van der Waals surface area contributed by atoms with E-state index in [0.717, 1.165) is 31.2 Å². The lowest BCUT2D eigenvalue weighted by Gasteiger charge is -2.29. The first-order chi connectivity index (χ1) is 13.2. The summed E-state index contributed by atoms with van der Waals surface area (Å²) >= 11 is 0. The summed E-state index contributed by atoms with van der Waals surface area (Å²) < 4.78 is 2.01. The standard InChI is InChI=1S/C20H23N5O2/c26-19(22-14-6-8-15(9-7-14)25-13-3-12-21-25)11-10-18-20(27)24-17-5-2-1-4-16(17)23-18/h1-5,12-15H,6-11H2,(H,22,26)(H,24,27). The van der Waals surface area contributed by atoms with Crippen LogP contribution in [0.4, 0.5) is 0 Å². The van der Waals surface area contributed by atoms with Gasteiger partial charge in [0.2, 0.25) is 5.91 Å². The average molecular weight is 365 g/mol. The third kappa shape index (κ3) is 4.07. The minimum absolute atomic E-state index is 0.0214. The van der Waals surface area contributed by atoms with E-state index in [1.807, 2.05) is 41.2 Å². The van der Waals surface area contributed by atoms with E-state index in [1.165, 1.54) is 0 Å². The molecule has 1 aromatic carbocycles. The van der Waals surface area contributed by atoms with Crippen LogP contribution in [0.5, 0.6) is 0 Å². The molecule has 3 aromatic rings. The van der Waals surface area contributed by atoms with Gasteiger partial charge < -0.3 is 10.3 Å². The van der Waals surface area contributed by atoms with E-state index in [4.69, 9.17) is 0 Å². The Morgan fingerprint density at radius 3 is 2.78 bits per heavy atom. The zero-order chi connectivity index (χ0) is 18.6. The molecule has 0 radical (unpaired) electrons. The van der Waals surface area contributed by atoms with Crippen LogP contribution in [0.15, 0.2) is 47.5 Å². The van der Waals surface area contributed by atoms with Crippen molar-refractivity contribution in [2.24, 2.45) is 0 Å². The minimum Gasteiger partial charge on any atom is -0.353 e. The molecule has 1 amide bonds. The molecule has 2 N–H and O–H groups in total. The van der Waals surface area contributed by atoms with Crippen LogP contribution in [0.25, 0.3) is 11.0 Å². The molecule has 27 heavy (non-hydrogen) atoms. The molecule has 0 saturated heterocycles. The van der Waals surface area contributed by atoms with Crippen LogP contribution in [0, 0.1) is 0 Å². The molecule has 4 rings (SSSR count). The van der Waals surface area contributed by atoms with Crippen LogP contribution in [-0.2, 0) is 11.2 Å². The number of hydrogen-bond acceptors (Lipinski definition) is 4. The number of carbonyl (C=O) groups is 1. The Morgan fingerprint density at radius 2 is 2.00 bits per heavy atom. The largest absolute Gasteiger partial charge is 0.353 e. The first-order valence-electron chi connectivity index (χ1n) is 9.45. The summed E-state index contributed by atoms with van der Waals surface area (Å²) in [6, 6.07) is 9.97. The van der Waals surface area contributed by atoms with Crippen molar-refractivity contribution in [2.45, 2.75) is 50.6 Å². The second-order valence-corrected chi connectivity index (χ2v) is 7.09. The van der Waals surface area contributed by atoms with Crippen LogP contribution in [-0.4, -0.2) is 31.7 Å². The number of carbonyl (C=O) groups excluding carboxylic acids is 1. The molecule has 0 bridgehead atoms. The van der Waals surface area contributed by atoms with Gasteiger partial charge in [-0.3, -0.25) is 14.3 Å². The van der Waals surface area contributed by atoms with Gasteiger partial charge in [-0.1, -0.05) is 12.1 Å². The fourth-order valence-electron chi connectivity index (χ4n) is 3.75. The molecule has 2 heterocycles. The second-order valence-electron chi connectivity index (χ2n) is 7.09. The molecule has 0 atom stereocenters. The monoisotopic (exact) mass is 365 g/mol. The first kappa shape index (κ1) is 17.5. The molecular formula is C20H23N5O2. The Morgan fingerprint density at radius 1 is 1.19 bits per heavy atom. The maximum atomic E-state index is 12.3. The quantitative estimate of drug-likeness (QED) is 0.726. The van der Waals surface area contributed by atoms with E-state index in [1.54, 1.807) is 6.20 Å². The van der Waals surface area contributed by atoms with Crippen LogP contribution < -0.4 is 10.9 Å². The minimum atomic E-state index is -0.221. The van der Waals surface area contributed by atoms with E-state index in [-0.39, 0.29) is 23.9 Å². The lowest BCUT2D eigenvalue weighted by Crippen LogP contribution is -2.38. The van der Waals surface area contributed by atoms with Crippen LogP contribution in [0.2, 0.25) is 0 Å². The summed E-state index contributed by atoms with van der Waals surface area (Å²) in [5.41, 5.74) is 1.64. The van der Waals surface area contributed by atoms with Crippen LogP contribution in [0.1, 0.15) is 43.8 Å². The van der Waals surface area contributed by atoms with Crippen molar-refractivity contribution in [3.05, 3.63) is 58.8 Å². The molecule has 7 heteroatoms. The molecule has 7 nitrogen and oxygen atoms in total. The van der Waals surface area contributed by atoms with Gasteiger partial charge in [-0.2, -0.15) is 5.10 Å². The highest BCUT2D eigenvalue weighted by Gasteiger charge is 2.23. The molecule has 0 unspecified atom stereocenters. The normalized spacial score (nSPS) is 19.9. The molecule has 140 valence electrons. The topological polar surface area (TPSA) is 92.7 Å². The van der Waals surface area contributed by atoms with Crippen molar-refractivity contribution in [2.75, 3.05) is 0 Å². The van der Waals surface area contributed by atoms with Gasteiger partial charge in [0, 0.05) is 31.3 Å². The number of nitrogens with zero attached hydrogens (tertiary/aromatic N) is 3. The maximum Gasteiger partial charge on any atom is 0.270 e. The number of aromatic amines is 1. The van der Waals surface area contributed by atoms with Gasteiger partial charge in [-0.05, 0) is 43.9 Å². The summed E-state index contributed by atoms with van der Waals surface area (Å²) in [4.78, 5) is 31.6. The SMILES string of the molecule is O=C(CCc1nc2ccccc2[nH]c1=O)NC1CCC(n2cccn2)CC1. The average Bonchev–Trinajstić information content (AvgIpc) is 3.22. The number of fused-ring (bicyclic) bond motifs is 1. The molecule has 1 aliphatic carbocycles. The maximum absolute atomic E-state index is 12.3. The molecule has 0 aliphatic heterocycles. The van der Waals surface area contributed by atoms with Crippen molar-refractivity contribution >= 4 is 16.9 Å². The fourth-order valence-corrected chi connectivity index (χ4v) is 3.75. The smallest absolute Gasteiger partial charge is 0.270 e. The lowest BCUT2D eigenvalue weighted by molar-refractivity contribution is -0.122. The first-order valence-corrected chi connectivity index (χ1v) is 9.45. The van der Waals surface area contributed by atoms with Crippen LogP contribution >= 0.6 is 0 Å². The number of para-hydroxylation sites is 2. The number of H-pyrrole nitrogens is 1. The summed E-state index contributed by atoms with van der Waals surface area (Å²) in [6.45, 7) is 0. The Hall–Kier alpha value is -2.96. The van der Waals surface area contributed by atoms with Crippen molar-refractivity contribution in [1.82, 2.24) is 25.1 Å². The van der Waals surface area contributed by atoms with Gasteiger partial charge in [0.25, 0.3) is 5.56 Å². The van der Waals surface area contributed by atoms with E-state index >= 15 is 0 Å². The Balaban J connectivity index is 1.29. The Kier molecular flexibility index (Phi) is 5.00. The second kappa shape index (κ2) is 7.73. The highest BCUT2D eigenvalue weighted by atomic mass is 16.1. The van der Waals surface area contributed by atoms with Crippen molar-refractivity contribution in [3.63, 3.8) is 0 Å². The number of amides is 1. The predicted molar refractivity (Wildman–Crippen MR) is 102 cm³/mol. The van der Waals surface area contributed by atoms with Crippen molar-refractivity contribution < 1.29 is 4.79 Å². The highest BCUT2D eigenvalue weighted by Crippen LogP contribution is 2.27. The predicted octanol–water partition coefficient (Wildman–Crippen LogP) is 2.35. The summed E-state index contributed by atoms with van der Waals surface area (Å²) in [6.07, 6.45) is 8.34. The highest BCUT2D eigenvalue weighted by molar-refractivity contribution is 5.77. The molecule has 2 aromatic heterocycles. The fraction of sp³-hybridized carbons (Fsp3) is 0.400. The number of rotatable bonds is 5. The third-order valence-electron chi connectivity index (χ3n) is 5.22. The van der Waals surface area contributed by atoms with Gasteiger partial charge >= 0.3 is 0 Å². The van der Waals surface area contributed by atoms with E-state index in [9.17, 15) is 9.59 Å². The number of aromatic nitrogens is 4. The summed E-state index contributed by atoms with van der Waals surface area (Å²) in [7, 11) is 0. The zero-order valence-electron chi connectivity index (χ0n) is 15.1. The van der Waals surface area contributed by atoms with Gasteiger partial charge in [0.15, 0.2) is 0 Å². The Bertz CT molecular complexity index is 971. The number of nitrogens with one attached hydrogen (secondary N) is 2. The van der Waals surface area contributed by atoms with Crippen molar-refractivity contribution in [1.29, 1.82) is 0 Å². The molecule has 0 spiro atoms. The molecular weight excluding hydrogens is 342 g/mol. The van der Waals surface area contributed by atoms with E-state index < -0.39 is 0 Å². The van der Waals surface area contributed by atoms with Gasteiger partial charge in [0.1, 0.15) is 5.69 Å². The van der Waals surface area contributed by atoms with Crippen molar-refractivity contribution in [3.8, 4) is 0 Å². The summed E-state index contributed by atoms with van der Waals surface area (Å²) in [5.74, 6) is -0.0214. The zero-order valence-corrected chi connectivity index (χ0v) is 15.1. The van der Waals surface area contributed by atoms with E-state index in [0.29, 0.717) is 23.7 Å².